The van der Waals surface area contributed by atoms with E-state index in [9.17, 15) is 4.79 Å². The third-order valence-electron chi connectivity index (χ3n) is 1.89. The normalized spacial score (nSPS) is 21.8. The average Bonchev–Trinajstić information content (AvgIpc) is 2.07. The van der Waals surface area contributed by atoms with Crippen LogP contribution in [0.1, 0.15) is 33.1 Å². The largest absolute Gasteiger partial charge is 0.356 e. The number of rotatable bonds is 1. The Bertz CT molecular complexity index is 143. The molecule has 1 unspecified atom stereocenters. The van der Waals surface area contributed by atoms with Gasteiger partial charge in [0, 0.05) is 12.5 Å². The number of hydrogen-bond acceptors (Lipinski definition) is 1. The summed E-state index contributed by atoms with van der Waals surface area (Å²) >= 11 is 0. The molecule has 0 saturated carbocycles. The summed E-state index contributed by atoms with van der Waals surface area (Å²) in [6.07, 6.45) is 4.98. The monoisotopic (exact) mass is 169 g/mol. The van der Waals surface area contributed by atoms with E-state index in [1.165, 1.54) is 0 Å². The Morgan fingerprint density at radius 2 is 2.33 bits per heavy atom. The van der Waals surface area contributed by atoms with Crippen molar-refractivity contribution in [3.05, 3.63) is 12.7 Å². The molecule has 1 aliphatic heterocycles. The highest BCUT2D eigenvalue weighted by molar-refractivity contribution is 5.79. The van der Waals surface area contributed by atoms with Crippen LogP contribution in [0.3, 0.4) is 0 Å². The van der Waals surface area contributed by atoms with Crippen LogP contribution in [0.15, 0.2) is 12.7 Å². The molecule has 2 heteroatoms. The maximum atomic E-state index is 10.9. The number of nitrogens with one attached hydrogen (secondary N) is 1. The van der Waals surface area contributed by atoms with Gasteiger partial charge in [-0.2, -0.15) is 0 Å². The van der Waals surface area contributed by atoms with E-state index in [1.54, 1.807) is 6.08 Å². The lowest BCUT2D eigenvalue weighted by molar-refractivity contribution is -0.126. The van der Waals surface area contributed by atoms with Crippen LogP contribution >= 0.6 is 0 Å². The molecule has 1 rings (SSSR count). The van der Waals surface area contributed by atoms with E-state index in [0.29, 0.717) is 5.92 Å². The Kier molecular flexibility index (Phi) is 6.44. The number of piperidine rings is 1. The van der Waals surface area contributed by atoms with Crippen molar-refractivity contribution in [3.8, 4) is 0 Å². The van der Waals surface area contributed by atoms with Gasteiger partial charge in [0.15, 0.2) is 0 Å². The second kappa shape index (κ2) is 6.89. The number of hydrogen-bond donors (Lipinski definition) is 1. The van der Waals surface area contributed by atoms with E-state index in [-0.39, 0.29) is 5.91 Å². The smallest absolute Gasteiger partial charge is 0.223 e. The highest BCUT2D eigenvalue weighted by Gasteiger charge is 2.18. The molecule has 12 heavy (non-hydrogen) atoms. The third kappa shape index (κ3) is 4.16. The first-order valence-corrected chi connectivity index (χ1v) is 4.61. The van der Waals surface area contributed by atoms with Crippen LogP contribution in [0.4, 0.5) is 0 Å². The topological polar surface area (TPSA) is 29.1 Å². The average molecular weight is 169 g/mol. The van der Waals surface area contributed by atoms with E-state index >= 15 is 0 Å². The van der Waals surface area contributed by atoms with Crippen molar-refractivity contribution in [3.63, 3.8) is 0 Å². The molecule has 1 atom stereocenters. The van der Waals surface area contributed by atoms with Crippen LogP contribution in [0.2, 0.25) is 0 Å². The number of allylic oxidation sites excluding steroid dienone is 1. The molecule has 1 heterocycles. The summed E-state index contributed by atoms with van der Waals surface area (Å²) in [6.45, 7) is 8.20. The fourth-order valence-electron chi connectivity index (χ4n) is 1.23. The number of carbonyl (C=O) groups excluding carboxylic acids is 1. The molecule has 0 radical (unpaired) electrons. The van der Waals surface area contributed by atoms with Gasteiger partial charge in [-0.1, -0.05) is 13.0 Å². The predicted octanol–water partition coefficient (Wildman–Crippen LogP) is 2.11. The third-order valence-corrected chi connectivity index (χ3v) is 1.89. The van der Waals surface area contributed by atoms with Gasteiger partial charge in [-0.15, -0.1) is 6.58 Å². The van der Waals surface area contributed by atoms with Gasteiger partial charge in [0.1, 0.15) is 0 Å². The zero-order valence-electron chi connectivity index (χ0n) is 8.10. The molecule has 1 saturated heterocycles. The van der Waals surface area contributed by atoms with Gasteiger partial charge in [0.25, 0.3) is 0 Å². The lowest BCUT2D eigenvalue weighted by Crippen LogP contribution is -2.35. The Morgan fingerprint density at radius 1 is 1.75 bits per heavy atom. The van der Waals surface area contributed by atoms with Gasteiger partial charge in [-0.25, -0.2) is 0 Å². The standard InChI is InChI=1S/C7H13NO.C3H6/c1-2-6-4-3-5-8-7(6)9;1-3-2/h6H,2-5H2,1H3,(H,8,9);3H,1H2,2H3. The zero-order chi connectivity index (χ0) is 9.40. The van der Waals surface area contributed by atoms with Gasteiger partial charge in [-0.3, -0.25) is 4.79 Å². The molecule has 0 spiro atoms. The Hall–Kier alpha value is -0.790. The minimum atomic E-state index is 0.253. The highest BCUT2D eigenvalue weighted by atomic mass is 16.1. The van der Waals surface area contributed by atoms with Crippen molar-refractivity contribution in [2.45, 2.75) is 33.1 Å². The fourth-order valence-corrected chi connectivity index (χ4v) is 1.23. The SMILES string of the molecule is C=CC.CCC1CCCNC1=O. The molecule has 2 nitrogen and oxygen atoms in total. The van der Waals surface area contributed by atoms with Crippen molar-refractivity contribution in [1.29, 1.82) is 0 Å². The van der Waals surface area contributed by atoms with Gasteiger partial charge in [0.2, 0.25) is 5.91 Å². The zero-order valence-corrected chi connectivity index (χ0v) is 8.10. The van der Waals surface area contributed by atoms with Crippen LogP contribution in [-0.2, 0) is 4.79 Å². The maximum absolute atomic E-state index is 10.9. The molecule has 1 N–H and O–H groups in total. The lowest BCUT2D eigenvalue weighted by Gasteiger charge is -2.19. The van der Waals surface area contributed by atoms with Gasteiger partial charge < -0.3 is 5.32 Å². The van der Waals surface area contributed by atoms with E-state index < -0.39 is 0 Å². The molecular weight excluding hydrogens is 150 g/mol. The number of carbonyl (C=O) groups is 1. The Balaban J connectivity index is 0.000000354. The van der Waals surface area contributed by atoms with E-state index in [0.717, 1.165) is 25.8 Å². The van der Waals surface area contributed by atoms with Crippen molar-refractivity contribution >= 4 is 5.91 Å². The first-order valence-electron chi connectivity index (χ1n) is 4.61. The molecule has 70 valence electrons. The Labute approximate surface area is 75.0 Å². The van der Waals surface area contributed by atoms with Gasteiger partial charge in [-0.05, 0) is 26.2 Å². The van der Waals surface area contributed by atoms with Crippen LogP contribution in [0, 0.1) is 5.92 Å². The van der Waals surface area contributed by atoms with Crippen LogP contribution in [-0.4, -0.2) is 12.5 Å². The second-order valence-corrected chi connectivity index (χ2v) is 2.95. The van der Waals surface area contributed by atoms with Crippen molar-refractivity contribution in [2.75, 3.05) is 6.54 Å². The molecule has 0 aromatic rings. The highest BCUT2D eigenvalue weighted by Crippen LogP contribution is 2.13. The van der Waals surface area contributed by atoms with Crippen molar-refractivity contribution in [1.82, 2.24) is 5.32 Å². The van der Waals surface area contributed by atoms with E-state index in [2.05, 4.69) is 18.8 Å². The summed E-state index contributed by atoms with van der Waals surface area (Å²) in [7, 11) is 0. The van der Waals surface area contributed by atoms with E-state index in [4.69, 9.17) is 0 Å². The summed E-state index contributed by atoms with van der Waals surface area (Å²) in [5.41, 5.74) is 0. The van der Waals surface area contributed by atoms with Gasteiger partial charge in [0.05, 0.1) is 0 Å². The van der Waals surface area contributed by atoms with Crippen LogP contribution < -0.4 is 5.32 Å². The second-order valence-electron chi connectivity index (χ2n) is 2.95. The summed E-state index contributed by atoms with van der Waals surface area (Å²) in [5, 5.41) is 2.84. The molecular formula is C10H19NO. The summed E-state index contributed by atoms with van der Waals surface area (Å²) in [6, 6.07) is 0. The quantitative estimate of drug-likeness (QED) is 0.598. The molecule has 1 aliphatic rings. The fraction of sp³-hybridized carbons (Fsp3) is 0.700. The summed E-state index contributed by atoms with van der Waals surface area (Å²) in [4.78, 5) is 10.9. The van der Waals surface area contributed by atoms with Crippen LogP contribution in [0.25, 0.3) is 0 Å². The first kappa shape index (κ1) is 11.2. The Morgan fingerprint density at radius 3 is 2.67 bits per heavy atom. The number of amides is 1. The summed E-state index contributed by atoms with van der Waals surface area (Å²) < 4.78 is 0. The summed E-state index contributed by atoms with van der Waals surface area (Å²) in [5.74, 6) is 0.558. The molecule has 1 fully saturated rings. The molecule has 0 aromatic carbocycles. The lowest BCUT2D eigenvalue weighted by atomic mass is 9.96. The minimum Gasteiger partial charge on any atom is -0.356 e. The van der Waals surface area contributed by atoms with Crippen LogP contribution in [0.5, 0.6) is 0 Å². The molecule has 1 amide bonds. The molecule has 0 aliphatic carbocycles. The van der Waals surface area contributed by atoms with Crippen molar-refractivity contribution in [2.24, 2.45) is 5.92 Å². The molecule has 0 aromatic heterocycles. The predicted molar refractivity (Wildman–Crippen MR) is 51.9 cm³/mol. The maximum Gasteiger partial charge on any atom is 0.223 e. The first-order chi connectivity index (χ1) is 5.76. The van der Waals surface area contributed by atoms with Gasteiger partial charge >= 0.3 is 0 Å². The van der Waals surface area contributed by atoms with E-state index in [1.807, 2.05) is 6.92 Å². The molecule has 0 bridgehead atoms. The minimum absolute atomic E-state index is 0.253. The van der Waals surface area contributed by atoms with Crippen molar-refractivity contribution < 1.29 is 4.79 Å².